The highest BCUT2D eigenvalue weighted by Gasteiger charge is 2.48. The molecule has 0 bridgehead atoms. The highest BCUT2D eigenvalue weighted by atomic mass is 19.1. The fourth-order valence-electron chi connectivity index (χ4n) is 6.38. The summed E-state index contributed by atoms with van der Waals surface area (Å²) < 4.78 is 50.9. The van der Waals surface area contributed by atoms with Crippen LogP contribution in [0.15, 0.2) is 36.9 Å². The Kier molecular flexibility index (Phi) is 6.52. The van der Waals surface area contributed by atoms with E-state index in [-0.39, 0.29) is 60.0 Å². The smallest absolute Gasteiger partial charge is 0.262 e. The molecule has 11 heteroatoms. The number of benzene rings is 1. The number of alkyl halides is 1. The summed E-state index contributed by atoms with van der Waals surface area (Å²) in [6, 6.07) is 5.28. The van der Waals surface area contributed by atoms with E-state index in [0.29, 0.717) is 32.6 Å². The number of halogens is 3. The van der Waals surface area contributed by atoms with Gasteiger partial charge in [-0.2, -0.15) is 0 Å². The van der Waals surface area contributed by atoms with Gasteiger partial charge in [-0.05, 0) is 38.5 Å². The van der Waals surface area contributed by atoms with Crippen molar-refractivity contribution in [3.8, 4) is 17.0 Å². The van der Waals surface area contributed by atoms with E-state index in [4.69, 9.17) is 4.74 Å². The van der Waals surface area contributed by atoms with E-state index in [1.165, 1.54) is 24.3 Å². The van der Waals surface area contributed by atoms with Crippen LogP contribution in [0.2, 0.25) is 0 Å². The van der Waals surface area contributed by atoms with Crippen LogP contribution in [-0.4, -0.2) is 101 Å². The predicted octanol–water partition coefficient (Wildman–Crippen LogP) is 3.27. The maximum absolute atomic E-state index is 16.2. The number of fused-ring (bicyclic) bond motifs is 2. The number of pyridine rings is 1. The van der Waals surface area contributed by atoms with Crippen LogP contribution in [0.25, 0.3) is 11.3 Å². The second-order valence-corrected chi connectivity index (χ2v) is 11.6. The van der Waals surface area contributed by atoms with Crippen molar-refractivity contribution in [2.45, 2.75) is 44.1 Å². The lowest BCUT2D eigenvalue weighted by Gasteiger charge is -2.40. The van der Waals surface area contributed by atoms with Crippen molar-refractivity contribution < 1.29 is 27.5 Å². The van der Waals surface area contributed by atoms with Crippen molar-refractivity contribution in [1.82, 2.24) is 19.7 Å². The number of ether oxygens (including phenoxy) is 1. The van der Waals surface area contributed by atoms with Crippen molar-refractivity contribution in [2.75, 3.05) is 50.8 Å². The zero-order valence-corrected chi connectivity index (χ0v) is 22.6. The zero-order chi connectivity index (χ0) is 28.3. The fourth-order valence-corrected chi connectivity index (χ4v) is 6.38. The number of anilines is 1. The molecule has 40 heavy (non-hydrogen) atoms. The lowest BCUT2D eigenvalue weighted by atomic mass is 9.97. The first-order valence-corrected chi connectivity index (χ1v) is 13.6. The molecule has 2 atom stereocenters. The molecular formula is C29H32F3N5O3. The number of hydrogen-bond donors (Lipinski definition) is 0. The summed E-state index contributed by atoms with van der Waals surface area (Å²) in [6.45, 7) is 9.40. The Hall–Kier alpha value is -3.60. The van der Waals surface area contributed by atoms with E-state index < -0.39 is 35.3 Å². The molecule has 4 aliphatic heterocycles. The molecule has 2 aromatic rings. The standard InChI is InChI=1S/C29H32F3N5O3/c1-4-22(38)34-9-10-36-19(14-34)16-40-26-23(28(36)39)27(33-25(24(26)32)20-7-5-6-8-21(20)31)37-15-18(11-29(37,2)3)35-12-17(30)13-35/h4-8,17-19H,1,9-16H2,2-3H3/t18-,19?/m1/s1. The molecule has 1 unspecified atom stereocenters. The molecule has 0 saturated carbocycles. The van der Waals surface area contributed by atoms with Crippen LogP contribution in [0.3, 0.4) is 0 Å². The molecule has 2 amide bonds. The van der Waals surface area contributed by atoms with Crippen molar-refractivity contribution >= 4 is 17.6 Å². The van der Waals surface area contributed by atoms with Gasteiger partial charge in [-0.1, -0.05) is 18.7 Å². The lowest BCUT2D eigenvalue weighted by Crippen LogP contribution is -2.57. The summed E-state index contributed by atoms with van der Waals surface area (Å²) in [6.07, 6.45) is 1.05. The summed E-state index contributed by atoms with van der Waals surface area (Å²) in [5.41, 5.74) is -0.807. The van der Waals surface area contributed by atoms with E-state index in [0.717, 1.165) is 0 Å². The van der Waals surface area contributed by atoms with Gasteiger partial charge in [0.2, 0.25) is 5.91 Å². The van der Waals surface area contributed by atoms with Crippen LogP contribution in [0.1, 0.15) is 30.6 Å². The molecule has 0 spiro atoms. The van der Waals surface area contributed by atoms with Crippen LogP contribution in [-0.2, 0) is 4.79 Å². The molecule has 1 aromatic carbocycles. The molecule has 0 aliphatic carbocycles. The maximum atomic E-state index is 16.2. The van der Waals surface area contributed by atoms with Gasteiger partial charge < -0.3 is 19.4 Å². The third kappa shape index (κ3) is 4.31. The summed E-state index contributed by atoms with van der Waals surface area (Å²) in [4.78, 5) is 38.3. The Balaban J connectivity index is 1.47. The first-order chi connectivity index (χ1) is 19.1. The van der Waals surface area contributed by atoms with Gasteiger partial charge >= 0.3 is 0 Å². The first kappa shape index (κ1) is 26.6. The van der Waals surface area contributed by atoms with Crippen molar-refractivity contribution in [3.05, 3.63) is 54.1 Å². The summed E-state index contributed by atoms with van der Waals surface area (Å²) in [7, 11) is 0. The number of amides is 2. The number of carbonyl (C=O) groups excluding carboxylic acids is 2. The summed E-state index contributed by atoms with van der Waals surface area (Å²) in [5, 5.41) is 0. The molecule has 3 saturated heterocycles. The molecule has 1 aromatic heterocycles. The van der Waals surface area contributed by atoms with E-state index in [9.17, 15) is 18.4 Å². The third-order valence-corrected chi connectivity index (χ3v) is 8.56. The summed E-state index contributed by atoms with van der Waals surface area (Å²) >= 11 is 0. The molecule has 212 valence electrons. The number of nitrogens with zero attached hydrogens (tertiary/aromatic N) is 5. The quantitative estimate of drug-likeness (QED) is 0.540. The Morgan fingerprint density at radius 2 is 1.88 bits per heavy atom. The molecule has 3 fully saturated rings. The van der Waals surface area contributed by atoms with Crippen molar-refractivity contribution in [3.63, 3.8) is 0 Å². The zero-order valence-electron chi connectivity index (χ0n) is 22.6. The largest absolute Gasteiger partial charge is 0.487 e. The van der Waals surface area contributed by atoms with Crippen molar-refractivity contribution in [2.24, 2.45) is 0 Å². The van der Waals surface area contributed by atoms with Gasteiger partial charge in [0.15, 0.2) is 11.6 Å². The average molecular weight is 556 g/mol. The fraction of sp³-hybridized carbons (Fsp3) is 0.483. The summed E-state index contributed by atoms with van der Waals surface area (Å²) in [5.74, 6) is -2.31. The predicted molar refractivity (Wildman–Crippen MR) is 143 cm³/mol. The molecular weight excluding hydrogens is 523 g/mol. The topological polar surface area (TPSA) is 69.2 Å². The number of rotatable bonds is 4. The van der Waals surface area contributed by atoms with E-state index in [2.05, 4.69) is 16.5 Å². The molecule has 8 nitrogen and oxygen atoms in total. The van der Waals surface area contributed by atoms with E-state index in [1.807, 2.05) is 18.7 Å². The number of carbonyl (C=O) groups is 2. The molecule has 5 heterocycles. The first-order valence-electron chi connectivity index (χ1n) is 13.6. The highest BCUT2D eigenvalue weighted by Crippen LogP contribution is 2.45. The Bertz CT molecular complexity index is 1380. The normalized spacial score (nSPS) is 24.6. The Morgan fingerprint density at radius 3 is 2.58 bits per heavy atom. The van der Waals surface area contributed by atoms with Gasteiger partial charge in [-0.15, -0.1) is 0 Å². The molecule has 4 aliphatic rings. The lowest BCUT2D eigenvalue weighted by molar-refractivity contribution is -0.128. The minimum atomic E-state index is -0.910. The molecule has 0 radical (unpaired) electrons. The van der Waals surface area contributed by atoms with E-state index >= 15 is 4.39 Å². The van der Waals surface area contributed by atoms with Gasteiger partial charge in [0.25, 0.3) is 5.91 Å². The minimum absolute atomic E-state index is 0.00992. The van der Waals surface area contributed by atoms with Gasteiger partial charge in [0.1, 0.15) is 35.7 Å². The van der Waals surface area contributed by atoms with Gasteiger partial charge in [-0.3, -0.25) is 14.5 Å². The molecule has 0 N–H and O–H groups in total. The number of piperazine rings is 1. The maximum Gasteiger partial charge on any atom is 0.262 e. The number of likely N-dealkylation sites (tertiary alicyclic amines) is 1. The van der Waals surface area contributed by atoms with E-state index in [1.54, 1.807) is 15.9 Å². The second-order valence-electron chi connectivity index (χ2n) is 11.6. The highest BCUT2D eigenvalue weighted by molar-refractivity contribution is 6.03. The van der Waals surface area contributed by atoms with Gasteiger partial charge in [0.05, 0.1) is 6.04 Å². The third-order valence-electron chi connectivity index (χ3n) is 8.56. The van der Waals surface area contributed by atoms with Crippen LogP contribution < -0.4 is 9.64 Å². The number of hydrogen-bond acceptors (Lipinski definition) is 6. The minimum Gasteiger partial charge on any atom is -0.487 e. The SMILES string of the molecule is C=CC(=O)N1CCN2C(=O)c3c(N4C[C@H](N5CC(F)C5)CC4(C)C)nc(-c4ccccc4F)c(F)c3OCC2C1. The average Bonchev–Trinajstić information content (AvgIpc) is 3.15. The number of aromatic nitrogens is 1. The van der Waals surface area contributed by atoms with Gasteiger partial charge in [0, 0.05) is 56.4 Å². The van der Waals surface area contributed by atoms with Crippen molar-refractivity contribution in [1.29, 1.82) is 0 Å². The Labute approximate surface area is 231 Å². The van der Waals surface area contributed by atoms with Gasteiger partial charge in [-0.25, -0.2) is 18.2 Å². The van der Waals surface area contributed by atoms with Crippen LogP contribution in [0, 0.1) is 11.6 Å². The van der Waals surface area contributed by atoms with Crippen LogP contribution in [0.5, 0.6) is 5.75 Å². The van der Waals surface area contributed by atoms with Crippen LogP contribution >= 0.6 is 0 Å². The monoisotopic (exact) mass is 555 g/mol. The second kappa shape index (κ2) is 9.79. The molecule has 6 rings (SSSR count). The Morgan fingerprint density at radius 1 is 1.12 bits per heavy atom. The van der Waals surface area contributed by atoms with Crippen LogP contribution in [0.4, 0.5) is 19.0 Å².